The number of hydrogen-bond donors (Lipinski definition) is 1. The van der Waals surface area contributed by atoms with Crippen molar-refractivity contribution in [2.45, 2.75) is 25.2 Å². The van der Waals surface area contributed by atoms with Crippen LogP contribution < -0.4 is 14.8 Å². The molecule has 0 spiro atoms. The first-order chi connectivity index (χ1) is 16.7. The Morgan fingerprint density at radius 1 is 1.06 bits per heavy atom. The number of carbonyl (C=O) groups excluding carboxylic acids is 1. The fourth-order valence-electron chi connectivity index (χ4n) is 3.44. The van der Waals surface area contributed by atoms with Gasteiger partial charge in [-0.3, -0.25) is 9.36 Å². The van der Waals surface area contributed by atoms with Gasteiger partial charge < -0.3 is 14.8 Å². The Hall–Kier alpha value is -3.78. The average Bonchev–Trinajstić information content (AvgIpc) is 3.24. The zero-order valence-corrected chi connectivity index (χ0v) is 19.8. The van der Waals surface area contributed by atoms with Crippen LogP contribution >= 0.6 is 11.8 Å². The summed E-state index contributed by atoms with van der Waals surface area (Å²) in [6.07, 6.45) is 1.77. The van der Waals surface area contributed by atoms with E-state index in [-0.39, 0.29) is 18.3 Å². The van der Waals surface area contributed by atoms with Crippen LogP contribution in [0.25, 0.3) is 10.8 Å². The molecule has 174 valence electrons. The summed E-state index contributed by atoms with van der Waals surface area (Å²) in [5.74, 6) is 2.30. The van der Waals surface area contributed by atoms with Gasteiger partial charge in [0.25, 0.3) is 0 Å². The minimum Gasteiger partial charge on any atom is -0.494 e. The van der Waals surface area contributed by atoms with Crippen LogP contribution in [0.5, 0.6) is 11.5 Å². The van der Waals surface area contributed by atoms with Crippen LogP contribution in [0.15, 0.2) is 84.5 Å². The van der Waals surface area contributed by atoms with E-state index in [1.54, 1.807) is 6.08 Å². The highest BCUT2D eigenvalue weighted by Crippen LogP contribution is 2.26. The lowest BCUT2D eigenvalue weighted by Gasteiger charge is -2.11. The summed E-state index contributed by atoms with van der Waals surface area (Å²) in [5.41, 5.74) is 0.714. The van der Waals surface area contributed by atoms with Gasteiger partial charge in [0.15, 0.2) is 11.0 Å². The van der Waals surface area contributed by atoms with Gasteiger partial charge in [-0.15, -0.1) is 16.8 Å². The van der Waals surface area contributed by atoms with Gasteiger partial charge in [-0.05, 0) is 42.6 Å². The Labute approximate surface area is 202 Å². The highest BCUT2D eigenvalue weighted by Gasteiger charge is 2.15. The largest absolute Gasteiger partial charge is 0.494 e. The van der Waals surface area contributed by atoms with E-state index < -0.39 is 0 Å². The van der Waals surface area contributed by atoms with Crippen molar-refractivity contribution < 1.29 is 14.3 Å². The maximum atomic E-state index is 12.4. The Balaban J connectivity index is 1.38. The molecule has 0 aliphatic carbocycles. The number of ether oxygens (including phenoxy) is 2. The number of amides is 1. The van der Waals surface area contributed by atoms with Crippen molar-refractivity contribution in [2.75, 3.05) is 17.7 Å². The predicted molar refractivity (Wildman–Crippen MR) is 135 cm³/mol. The molecule has 1 aromatic heterocycles. The van der Waals surface area contributed by atoms with Crippen molar-refractivity contribution in [1.29, 1.82) is 0 Å². The molecule has 8 heteroatoms. The second kappa shape index (κ2) is 11.4. The second-order valence-corrected chi connectivity index (χ2v) is 8.30. The van der Waals surface area contributed by atoms with E-state index in [9.17, 15) is 4.79 Å². The van der Waals surface area contributed by atoms with Gasteiger partial charge in [0, 0.05) is 17.6 Å². The summed E-state index contributed by atoms with van der Waals surface area (Å²) >= 11 is 1.32. The van der Waals surface area contributed by atoms with Gasteiger partial charge in [-0.25, -0.2) is 0 Å². The van der Waals surface area contributed by atoms with Gasteiger partial charge in [0.1, 0.15) is 18.1 Å². The van der Waals surface area contributed by atoms with E-state index in [0.29, 0.717) is 29.8 Å². The molecule has 7 nitrogen and oxygen atoms in total. The van der Waals surface area contributed by atoms with Crippen LogP contribution in [0.4, 0.5) is 5.69 Å². The Bertz CT molecular complexity index is 1270. The molecule has 34 heavy (non-hydrogen) atoms. The fourth-order valence-corrected chi connectivity index (χ4v) is 4.20. The van der Waals surface area contributed by atoms with E-state index >= 15 is 0 Å². The fraction of sp³-hybridized carbons (Fsp3) is 0.192. The van der Waals surface area contributed by atoms with Gasteiger partial charge >= 0.3 is 0 Å². The molecule has 0 unspecified atom stereocenters. The first-order valence-corrected chi connectivity index (χ1v) is 12.0. The standard InChI is InChI=1S/C26H26N4O3S/c1-3-16-30-24(17-33-23-11-7-9-19-8-5-6-10-22(19)23)28-29-26(30)34-18-25(31)27-20-12-14-21(15-13-20)32-4-2/h3,5-15H,1,4,16-18H2,2H3,(H,27,31). The average molecular weight is 475 g/mol. The van der Waals surface area contributed by atoms with Crippen LogP contribution in [-0.4, -0.2) is 33.0 Å². The zero-order valence-electron chi connectivity index (χ0n) is 18.9. The molecule has 0 bridgehead atoms. The lowest BCUT2D eigenvalue weighted by atomic mass is 10.1. The maximum Gasteiger partial charge on any atom is 0.234 e. The number of fused-ring (bicyclic) bond motifs is 1. The molecule has 4 rings (SSSR count). The summed E-state index contributed by atoms with van der Waals surface area (Å²) in [6, 6.07) is 21.3. The molecule has 1 heterocycles. The Kier molecular flexibility index (Phi) is 7.83. The van der Waals surface area contributed by atoms with E-state index in [1.165, 1.54) is 11.8 Å². The quantitative estimate of drug-likeness (QED) is 0.234. The molecule has 0 radical (unpaired) electrons. The smallest absolute Gasteiger partial charge is 0.234 e. The topological polar surface area (TPSA) is 78.3 Å². The first-order valence-electron chi connectivity index (χ1n) is 11.0. The third-order valence-corrected chi connectivity index (χ3v) is 5.96. The monoisotopic (exact) mass is 474 g/mol. The van der Waals surface area contributed by atoms with E-state index in [0.717, 1.165) is 22.3 Å². The van der Waals surface area contributed by atoms with Crippen molar-refractivity contribution in [3.05, 3.63) is 85.2 Å². The minimum absolute atomic E-state index is 0.129. The number of rotatable bonds is 11. The number of aromatic nitrogens is 3. The summed E-state index contributed by atoms with van der Waals surface area (Å²) in [7, 11) is 0. The molecule has 4 aromatic rings. The second-order valence-electron chi connectivity index (χ2n) is 7.36. The molecule has 0 saturated carbocycles. The highest BCUT2D eigenvalue weighted by molar-refractivity contribution is 7.99. The van der Waals surface area contributed by atoms with Crippen molar-refractivity contribution in [2.24, 2.45) is 0 Å². The molecule has 3 aromatic carbocycles. The third-order valence-electron chi connectivity index (χ3n) is 4.99. The first kappa shape index (κ1) is 23.4. The minimum atomic E-state index is -0.129. The lowest BCUT2D eigenvalue weighted by Crippen LogP contribution is -2.15. The molecule has 0 aliphatic rings. The summed E-state index contributed by atoms with van der Waals surface area (Å²) in [6.45, 7) is 7.14. The Morgan fingerprint density at radius 2 is 1.85 bits per heavy atom. The number of nitrogens with zero attached hydrogens (tertiary/aromatic N) is 3. The summed E-state index contributed by atoms with van der Waals surface area (Å²) in [5, 5.41) is 14.2. The van der Waals surface area contributed by atoms with Crippen LogP contribution in [0.2, 0.25) is 0 Å². The Morgan fingerprint density at radius 3 is 2.65 bits per heavy atom. The summed E-state index contributed by atoms with van der Waals surface area (Å²) < 4.78 is 13.4. The van der Waals surface area contributed by atoms with Crippen LogP contribution in [0.3, 0.4) is 0 Å². The van der Waals surface area contributed by atoms with Crippen molar-refractivity contribution in [3.8, 4) is 11.5 Å². The molecule has 0 fully saturated rings. The van der Waals surface area contributed by atoms with E-state index in [2.05, 4.69) is 34.2 Å². The third kappa shape index (κ3) is 5.77. The zero-order chi connectivity index (χ0) is 23.8. The van der Waals surface area contributed by atoms with Gasteiger partial charge in [0.2, 0.25) is 5.91 Å². The summed E-state index contributed by atoms with van der Waals surface area (Å²) in [4.78, 5) is 12.4. The highest BCUT2D eigenvalue weighted by atomic mass is 32.2. The number of allylic oxidation sites excluding steroid dienone is 1. The van der Waals surface area contributed by atoms with E-state index in [1.807, 2.05) is 66.1 Å². The number of anilines is 1. The molecule has 0 atom stereocenters. The lowest BCUT2D eigenvalue weighted by molar-refractivity contribution is -0.113. The van der Waals surface area contributed by atoms with Crippen LogP contribution in [0, 0.1) is 0 Å². The molecule has 1 N–H and O–H groups in total. The molecular formula is C26H26N4O3S. The van der Waals surface area contributed by atoms with E-state index in [4.69, 9.17) is 9.47 Å². The molecule has 1 amide bonds. The van der Waals surface area contributed by atoms with Crippen molar-refractivity contribution in [1.82, 2.24) is 14.8 Å². The molecular weight excluding hydrogens is 448 g/mol. The SMILES string of the molecule is C=CCn1c(COc2cccc3ccccc23)nnc1SCC(=O)Nc1ccc(OCC)cc1. The van der Waals surface area contributed by atoms with Gasteiger partial charge in [-0.1, -0.05) is 54.2 Å². The number of hydrogen-bond acceptors (Lipinski definition) is 6. The number of benzene rings is 3. The van der Waals surface area contributed by atoms with Gasteiger partial charge in [0.05, 0.1) is 12.4 Å². The molecule has 0 aliphatic heterocycles. The number of nitrogens with one attached hydrogen (secondary N) is 1. The normalized spacial score (nSPS) is 10.7. The van der Waals surface area contributed by atoms with Crippen molar-refractivity contribution in [3.63, 3.8) is 0 Å². The predicted octanol–water partition coefficient (Wildman–Crippen LogP) is 5.33. The molecule has 0 saturated heterocycles. The number of carbonyl (C=O) groups is 1. The maximum absolute atomic E-state index is 12.4. The number of thioether (sulfide) groups is 1. The van der Waals surface area contributed by atoms with Gasteiger partial charge in [-0.2, -0.15) is 0 Å². The van der Waals surface area contributed by atoms with Crippen LogP contribution in [0.1, 0.15) is 12.7 Å². The van der Waals surface area contributed by atoms with Crippen molar-refractivity contribution >= 4 is 34.1 Å². The van der Waals surface area contributed by atoms with Crippen LogP contribution in [-0.2, 0) is 17.9 Å².